The lowest BCUT2D eigenvalue weighted by molar-refractivity contribution is -0.137. The Morgan fingerprint density at radius 2 is 2.00 bits per heavy atom. The second-order valence-corrected chi connectivity index (χ2v) is 3.80. The van der Waals surface area contributed by atoms with Gasteiger partial charge in [-0.15, -0.1) is 24.8 Å². The maximum absolute atomic E-state index is 12.4. The quantitative estimate of drug-likeness (QED) is 0.793. The molecule has 1 aliphatic rings. The molecule has 1 aliphatic heterocycles. The van der Waals surface area contributed by atoms with Crippen LogP contribution < -0.4 is 5.32 Å². The molecule has 2 nitrogen and oxygen atoms in total. The average molecular weight is 289 g/mol. The summed E-state index contributed by atoms with van der Waals surface area (Å²) in [6.45, 7) is 3.19. The van der Waals surface area contributed by atoms with Crippen molar-refractivity contribution in [3.8, 4) is 0 Å². The van der Waals surface area contributed by atoms with Crippen molar-refractivity contribution in [2.75, 3.05) is 6.54 Å². The lowest BCUT2D eigenvalue weighted by Crippen LogP contribution is -2.28. The summed E-state index contributed by atoms with van der Waals surface area (Å²) in [5, 5.41) is 3.06. The number of halogens is 5. The van der Waals surface area contributed by atoms with Crippen molar-refractivity contribution in [2.45, 2.75) is 25.6 Å². The van der Waals surface area contributed by atoms with Crippen LogP contribution in [0.4, 0.5) is 13.2 Å². The summed E-state index contributed by atoms with van der Waals surface area (Å²) in [6, 6.07) is 1.19. The minimum Gasteiger partial charge on any atom is -0.312 e. The third kappa shape index (κ3) is 3.47. The Labute approximate surface area is 110 Å². The second-order valence-electron chi connectivity index (χ2n) is 3.80. The number of alkyl halides is 3. The molecule has 2 heterocycles. The molecule has 0 fully saturated rings. The van der Waals surface area contributed by atoms with Crippen LogP contribution in [0.15, 0.2) is 12.3 Å². The fourth-order valence-electron chi connectivity index (χ4n) is 1.78. The molecule has 2 rings (SSSR count). The van der Waals surface area contributed by atoms with E-state index in [9.17, 15) is 13.2 Å². The molecule has 0 spiro atoms. The first-order chi connectivity index (χ1) is 6.98. The van der Waals surface area contributed by atoms with E-state index in [0.29, 0.717) is 12.1 Å². The van der Waals surface area contributed by atoms with Gasteiger partial charge in [-0.25, -0.2) is 0 Å². The molecule has 1 N–H and O–H groups in total. The van der Waals surface area contributed by atoms with Gasteiger partial charge >= 0.3 is 6.18 Å². The largest absolute Gasteiger partial charge is 0.417 e. The Morgan fingerprint density at radius 1 is 1.35 bits per heavy atom. The molecular weight excluding hydrogens is 276 g/mol. The first-order valence-electron chi connectivity index (χ1n) is 4.75. The molecule has 0 aromatic carbocycles. The van der Waals surface area contributed by atoms with Gasteiger partial charge in [0.1, 0.15) is 0 Å². The molecule has 0 radical (unpaired) electrons. The summed E-state index contributed by atoms with van der Waals surface area (Å²) in [4.78, 5) is 3.91. The number of fused-ring (bicyclic) bond motifs is 1. The SMILES string of the molecule is CC1CNCc2cc(C(F)(F)F)cnc21.Cl.Cl. The molecule has 0 saturated carbocycles. The maximum Gasteiger partial charge on any atom is 0.417 e. The van der Waals surface area contributed by atoms with Gasteiger partial charge in [0.25, 0.3) is 0 Å². The van der Waals surface area contributed by atoms with Gasteiger partial charge in [0.05, 0.1) is 5.56 Å². The van der Waals surface area contributed by atoms with Crippen molar-refractivity contribution in [3.63, 3.8) is 0 Å². The van der Waals surface area contributed by atoms with Crippen LogP contribution in [0.1, 0.15) is 29.7 Å². The van der Waals surface area contributed by atoms with Gasteiger partial charge in [0.15, 0.2) is 0 Å². The number of nitrogens with one attached hydrogen (secondary N) is 1. The Hall–Kier alpha value is -0.520. The van der Waals surface area contributed by atoms with Gasteiger partial charge in [-0.3, -0.25) is 4.98 Å². The fourth-order valence-corrected chi connectivity index (χ4v) is 1.78. The Morgan fingerprint density at radius 3 is 2.59 bits per heavy atom. The molecule has 0 saturated heterocycles. The van der Waals surface area contributed by atoms with Gasteiger partial charge in [-0.1, -0.05) is 6.92 Å². The summed E-state index contributed by atoms with van der Waals surface area (Å²) in [6.07, 6.45) is -3.39. The van der Waals surface area contributed by atoms with E-state index in [2.05, 4.69) is 10.3 Å². The van der Waals surface area contributed by atoms with Crippen LogP contribution in [0, 0.1) is 0 Å². The minimum atomic E-state index is -4.30. The van der Waals surface area contributed by atoms with Crippen molar-refractivity contribution in [1.29, 1.82) is 0 Å². The molecule has 0 aliphatic carbocycles. The van der Waals surface area contributed by atoms with E-state index < -0.39 is 11.7 Å². The monoisotopic (exact) mass is 288 g/mol. The fraction of sp³-hybridized carbons (Fsp3) is 0.500. The minimum absolute atomic E-state index is 0. The van der Waals surface area contributed by atoms with Crippen molar-refractivity contribution < 1.29 is 13.2 Å². The van der Waals surface area contributed by atoms with E-state index in [4.69, 9.17) is 0 Å². The van der Waals surface area contributed by atoms with E-state index in [0.717, 1.165) is 18.4 Å². The van der Waals surface area contributed by atoms with Crippen molar-refractivity contribution in [1.82, 2.24) is 10.3 Å². The van der Waals surface area contributed by atoms with E-state index in [1.807, 2.05) is 6.92 Å². The summed E-state index contributed by atoms with van der Waals surface area (Å²) in [7, 11) is 0. The molecule has 1 aromatic rings. The van der Waals surface area contributed by atoms with Crippen molar-refractivity contribution in [2.24, 2.45) is 0 Å². The average Bonchev–Trinajstić information content (AvgIpc) is 2.16. The van der Waals surface area contributed by atoms with E-state index in [-0.39, 0.29) is 30.7 Å². The zero-order chi connectivity index (χ0) is 11.1. The molecule has 1 aromatic heterocycles. The molecule has 0 amide bonds. The first-order valence-corrected chi connectivity index (χ1v) is 4.75. The Bertz CT molecular complexity index is 382. The number of aromatic nitrogens is 1. The van der Waals surface area contributed by atoms with Gasteiger partial charge in [-0.05, 0) is 11.6 Å². The van der Waals surface area contributed by atoms with Crippen LogP contribution in [0.5, 0.6) is 0 Å². The molecular formula is C10H13Cl2F3N2. The van der Waals surface area contributed by atoms with Crippen LogP contribution in [-0.4, -0.2) is 11.5 Å². The predicted octanol–water partition coefficient (Wildman–Crippen LogP) is 3.15. The highest BCUT2D eigenvalue weighted by atomic mass is 35.5. The van der Waals surface area contributed by atoms with E-state index in [1.54, 1.807) is 0 Å². The van der Waals surface area contributed by atoms with Crippen LogP contribution in [0.25, 0.3) is 0 Å². The zero-order valence-corrected chi connectivity index (χ0v) is 10.7. The first kappa shape index (κ1) is 16.5. The van der Waals surface area contributed by atoms with E-state index in [1.165, 1.54) is 6.07 Å². The Balaban J connectivity index is 0.00000128. The lowest BCUT2D eigenvalue weighted by atomic mass is 9.97. The van der Waals surface area contributed by atoms with Crippen LogP contribution >= 0.6 is 24.8 Å². The lowest BCUT2D eigenvalue weighted by Gasteiger charge is -2.23. The number of nitrogens with zero attached hydrogens (tertiary/aromatic N) is 1. The standard InChI is InChI=1S/C10H11F3N2.2ClH/c1-6-3-14-4-7-2-8(10(11,12)13)5-15-9(6)7;;/h2,5-6,14H,3-4H2,1H3;2*1H. The summed E-state index contributed by atoms with van der Waals surface area (Å²) in [5.74, 6) is 0.177. The molecule has 0 bridgehead atoms. The smallest absolute Gasteiger partial charge is 0.312 e. The molecule has 17 heavy (non-hydrogen) atoms. The molecule has 98 valence electrons. The number of hydrogen-bond acceptors (Lipinski definition) is 2. The van der Waals surface area contributed by atoms with E-state index >= 15 is 0 Å². The number of rotatable bonds is 0. The molecule has 7 heteroatoms. The van der Waals surface area contributed by atoms with Crippen LogP contribution in [0.3, 0.4) is 0 Å². The summed E-state index contributed by atoms with van der Waals surface area (Å²) in [5.41, 5.74) is 0.766. The topological polar surface area (TPSA) is 24.9 Å². The Kier molecular flexibility index (Phi) is 5.71. The second kappa shape index (κ2) is 5.89. The highest BCUT2D eigenvalue weighted by Crippen LogP contribution is 2.31. The third-order valence-corrected chi connectivity index (χ3v) is 2.56. The zero-order valence-electron chi connectivity index (χ0n) is 9.04. The van der Waals surface area contributed by atoms with Gasteiger partial charge in [0.2, 0.25) is 0 Å². The van der Waals surface area contributed by atoms with Gasteiger partial charge in [-0.2, -0.15) is 13.2 Å². The third-order valence-electron chi connectivity index (χ3n) is 2.56. The van der Waals surface area contributed by atoms with Gasteiger partial charge < -0.3 is 5.32 Å². The maximum atomic E-state index is 12.4. The highest BCUT2D eigenvalue weighted by Gasteiger charge is 2.32. The number of pyridine rings is 1. The molecule has 1 atom stereocenters. The van der Waals surface area contributed by atoms with Gasteiger partial charge in [0, 0.05) is 30.9 Å². The predicted molar refractivity (Wildman–Crippen MR) is 63.9 cm³/mol. The van der Waals surface area contributed by atoms with Crippen molar-refractivity contribution >= 4 is 24.8 Å². The molecule has 1 unspecified atom stereocenters. The van der Waals surface area contributed by atoms with Crippen LogP contribution in [-0.2, 0) is 12.7 Å². The number of hydrogen-bond donors (Lipinski definition) is 1. The normalized spacial score (nSPS) is 18.7. The van der Waals surface area contributed by atoms with Crippen LogP contribution in [0.2, 0.25) is 0 Å². The summed E-state index contributed by atoms with van der Waals surface area (Å²) < 4.78 is 37.2. The summed E-state index contributed by atoms with van der Waals surface area (Å²) >= 11 is 0. The van der Waals surface area contributed by atoms with Crippen molar-refractivity contribution in [3.05, 3.63) is 29.1 Å². The highest BCUT2D eigenvalue weighted by molar-refractivity contribution is 5.85.